The molecule has 134 valence electrons. The van der Waals surface area contributed by atoms with Crippen molar-refractivity contribution in [2.45, 2.75) is 26.3 Å². The highest BCUT2D eigenvalue weighted by Crippen LogP contribution is 2.17. The van der Waals surface area contributed by atoms with E-state index in [9.17, 15) is 4.79 Å². The van der Waals surface area contributed by atoms with E-state index in [1.54, 1.807) is 12.3 Å². The Hall–Kier alpha value is -2.57. The first kappa shape index (κ1) is 17.3. The molecule has 7 heteroatoms. The van der Waals surface area contributed by atoms with Gasteiger partial charge in [0.05, 0.1) is 6.61 Å². The molecule has 0 spiro atoms. The van der Waals surface area contributed by atoms with E-state index >= 15 is 0 Å². The molecule has 2 aromatic rings. The van der Waals surface area contributed by atoms with Crippen molar-refractivity contribution in [1.29, 1.82) is 0 Å². The number of anilines is 1. The summed E-state index contributed by atoms with van der Waals surface area (Å²) in [6.07, 6.45) is 6.23. The highest BCUT2D eigenvalue weighted by atomic mass is 16.5. The van der Waals surface area contributed by atoms with Gasteiger partial charge in [0.25, 0.3) is 0 Å². The van der Waals surface area contributed by atoms with Crippen LogP contribution in [0.3, 0.4) is 0 Å². The molecule has 0 unspecified atom stereocenters. The van der Waals surface area contributed by atoms with Gasteiger partial charge >= 0.3 is 0 Å². The van der Waals surface area contributed by atoms with Gasteiger partial charge in [-0.25, -0.2) is 4.98 Å². The normalized spacial score (nSPS) is 15.9. The Morgan fingerprint density at radius 3 is 2.64 bits per heavy atom. The zero-order valence-electron chi connectivity index (χ0n) is 14.8. The highest BCUT2D eigenvalue weighted by molar-refractivity contribution is 5.77. The largest absolute Gasteiger partial charge is 0.478 e. The number of amides is 1. The van der Waals surface area contributed by atoms with Crippen molar-refractivity contribution in [3.8, 4) is 5.88 Å². The topological polar surface area (TPSA) is 63.5 Å². The van der Waals surface area contributed by atoms with Crippen molar-refractivity contribution >= 4 is 11.9 Å². The fourth-order valence-corrected chi connectivity index (χ4v) is 3.00. The van der Waals surface area contributed by atoms with Gasteiger partial charge in [-0.3, -0.25) is 4.79 Å². The Kier molecular flexibility index (Phi) is 5.53. The Labute approximate surface area is 148 Å². The van der Waals surface area contributed by atoms with Crippen LogP contribution >= 0.6 is 0 Å². The van der Waals surface area contributed by atoms with Crippen LogP contribution in [0.1, 0.15) is 26.3 Å². The number of nitrogens with zero attached hydrogens (tertiary/aromatic N) is 5. The van der Waals surface area contributed by atoms with Crippen LogP contribution in [0.25, 0.3) is 0 Å². The molecule has 2 aromatic heterocycles. The lowest BCUT2D eigenvalue weighted by molar-refractivity contribution is -0.132. The minimum atomic E-state index is 0.173. The number of carbonyl (C=O) groups excluding carboxylic acids is 1. The molecule has 25 heavy (non-hydrogen) atoms. The van der Waals surface area contributed by atoms with Crippen molar-refractivity contribution in [3.63, 3.8) is 0 Å². The molecule has 3 heterocycles. The van der Waals surface area contributed by atoms with Crippen LogP contribution in [0.15, 0.2) is 36.8 Å². The lowest BCUT2D eigenvalue weighted by Gasteiger charge is -2.35. The quantitative estimate of drug-likeness (QED) is 0.802. The number of piperazine rings is 1. The SMILES string of the molecule is CCOc1ccnc(N2CCN(C(=O)C[C@H](C)n3cccc3)CC2)n1. The van der Waals surface area contributed by atoms with E-state index in [1.807, 2.05) is 36.4 Å². The van der Waals surface area contributed by atoms with E-state index in [0.717, 1.165) is 13.1 Å². The van der Waals surface area contributed by atoms with Crippen LogP contribution in [0.2, 0.25) is 0 Å². The van der Waals surface area contributed by atoms with E-state index in [4.69, 9.17) is 4.74 Å². The molecule has 1 aliphatic heterocycles. The van der Waals surface area contributed by atoms with Gasteiger partial charge in [-0.05, 0) is 26.0 Å². The summed E-state index contributed by atoms with van der Waals surface area (Å²) in [5.41, 5.74) is 0. The molecular weight excluding hydrogens is 318 g/mol. The van der Waals surface area contributed by atoms with E-state index in [2.05, 4.69) is 26.4 Å². The summed E-state index contributed by atoms with van der Waals surface area (Å²) in [5.74, 6) is 1.45. The van der Waals surface area contributed by atoms with Crippen molar-refractivity contribution in [1.82, 2.24) is 19.4 Å². The first-order chi connectivity index (χ1) is 12.2. The molecular formula is C18H25N5O2. The second-order valence-electron chi connectivity index (χ2n) is 6.18. The van der Waals surface area contributed by atoms with Gasteiger partial charge in [0.15, 0.2) is 0 Å². The molecule has 1 amide bonds. The number of rotatable bonds is 6. The highest BCUT2D eigenvalue weighted by Gasteiger charge is 2.24. The standard InChI is InChI=1S/C18H25N5O2/c1-3-25-16-6-7-19-18(20-16)23-12-10-22(11-13-23)17(24)14-15(2)21-8-4-5-9-21/h4-9,15H,3,10-14H2,1-2H3/t15-/m0/s1. The maximum Gasteiger partial charge on any atom is 0.228 e. The molecule has 1 saturated heterocycles. The fourth-order valence-electron chi connectivity index (χ4n) is 3.00. The molecule has 0 N–H and O–H groups in total. The first-order valence-electron chi connectivity index (χ1n) is 8.78. The Morgan fingerprint density at radius 1 is 1.24 bits per heavy atom. The van der Waals surface area contributed by atoms with Crippen molar-refractivity contribution in [2.75, 3.05) is 37.7 Å². The number of ether oxygens (including phenoxy) is 1. The molecule has 0 saturated carbocycles. The van der Waals surface area contributed by atoms with Crippen LogP contribution < -0.4 is 9.64 Å². The molecule has 7 nitrogen and oxygen atoms in total. The molecule has 1 fully saturated rings. The molecule has 3 rings (SSSR count). The maximum absolute atomic E-state index is 12.5. The van der Waals surface area contributed by atoms with Crippen LogP contribution in [0.5, 0.6) is 5.88 Å². The number of hydrogen-bond donors (Lipinski definition) is 0. The third-order valence-electron chi connectivity index (χ3n) is 4.43. The molecule has 0 bridgehead atoms. The average Bonchev–Trinajstić information content (AvgIpc) is 3.17. The van der Waals surface area contributed by atoms with Crippen molar-refractivity contribution < 1.29 is 9.53 Å². The van der Waals surface area contributed by atoms with E-state index in [-0.39, 0.29) is 11.9 Å². The van der Waals surface area contributed by atoms with Crippen LogP contribution in [0, 0.1) is 0 Å². The number of aromatic nitrogens is 3. The summed E-state index contributed by atoms with van der Waals surface area (Å²) >= 11 is 0. The fraction of sp³-hybridized carbons (Fsp3) is 0.500. The molecule has 0 radical (unpaired) electrons. The minimum absolute atomic E-state index is 0.173. The smallest absolute Gasteiger partial charge is 0.228 e. The van der Waals surface area contributed by atoms with Crippen LogP contribution in [-0.4, -0.2) is 58.1 Å². The van der Waals surface area contributed by atoms with Crippen molar-refractivity contribution in [3.05, 3.63) is 36.8 Å². The predicted octanol–water partition coefficient (Wildman–Crippen LogP) is 1.98. The second-order valence-corrected chi connectivity index (χ2v) is 6.18. The summed E-state index contributed by atoms with van der Waals surface area (Å²) < 4.78 is 7.50. The van der Waals surface area contributed by atoms with Crippen molar-refractivity contribution in [2.24, 2.45) is 0 Å². The lowest BCUT2D eigenvalue weighted by atomic mass is 10.2. The summed E-state index contributed by atoms with van der Waals surface area (Å²) in [7, 11) is 0. The summed E-state index contributed by atoms with van der Waals surface area (Å²) in [6.45, 7) is 7.44. The first-order valence-corrected chi connectivity index (χ1v) is 8.78. The van der Waals surface area contributed by atoms with Crippen LogP contribution in [-0.2, 0) is 4.79 Å². The van der Waals surface area contributed by atoms with Gasteiger partial charge < -0.3 is 19.1 Å². The van der Waals surface area contributed by atoms with E-state index < -0.39 is 0 Å². The van der Waals surface area contributed by atoms with Gasteiger partial charge in [-0.1, -0.05) is 0 Å². The monoisotopic (exact) mass is 343 g/mol. The Morgan fingerprint density at radius 2 is 1.96 bits per heavy atom. The van der Waals surface area contributed by atoms with Crippen LogP contribution in [0.4, 0.5) is 5.95 Å². The second kappa shape index (κ2) is 8.00. The Bertz CT molecular complexity index is 681. The third kappa shape index (κ3) is 4.29. The Balaban J connectivity index is 1.53. The number of hydrogen-bond acceptors (Lipinski definition) is 5. The third-order valence-corrected chi connectivity index (χ3v) is 4.43. The van der Waals surface area contributed by atoms with Gasteiger partial charge in [0, 0.05) is 63.3 Å². The van der Waals surface area contributed by atoms with Gasteiger partial charge in [-0.15, -0.1) is 0 Å². The van der Waals surface area contributed by atoms with E-state index in [1.165, 1.54) is 0 Å². The zero-order chi connectivity index (χ0) is 17.6. The molecule has 1 aliphatic rings. The summed E-state index contributed by atoms with van der Waals surface area (Å²) in [4.78, 5) is 25.3. The summed E-state index contributed by atoms with van der Waals surface area (Å²) in [6, 6.07) is 5.90. The van der Waals surface area contributed by atoms with Gasteiger partial charge in [0.2, 0.25) is 17.7 Å². The predicted molar refractivity (Wildman–Crippen MR) is 95.8 cm³/mol. The van der Waals surface area contributed by atoms with E-state index in [0.29, 0.717) is 37.9 Å². The molecule has 0 aliphatic carbocycles. The number of carbonyl (C=O) groups is 1. The lowest BCUT2D eigenvalue weighted by Crippen LogP contribution is -2.49. The van der Waals surface area contributed by atoms with Gasteiger partial charge in [-0.2, -0.15) is 4.98 Å². The average molecular weight is 343 g/mol. The molecule has 0 aromatic carbocycles. The zero-order valence-corrected chi connectivity index (χ0v) is 14.8. The summed E-state index contributed by atoms with van der Waals surface area (Å²) in [5, 5.41) is 0. The van der Waals surface area contributed by atoms with Gasteiger partial charge in [0.1, 0.15) is 0 Å². The molecule has 1 atom stereocenters. The minimum Gasteiger partial charge on any atom is -0.478 e. The maximum atomic E-state index is 12.5.